The van der Waals surface area contributed by atoms with Gasteiger partial charge in [0.05, 0.1) is 5.69 Å². The molecule has 1 heterocycles. The molecular weight excluding hydrogens is 260 g/mol. The van der Waals surface area contributed by atoms with Gasteiger partial charge < -0.3 is 0 Å². The van der Waals surface area contributed by atoms with E-state index in [4.69, 9.17) is 5.26 Å². The highest BCUT2D eigenvalue weighted by Crippen LogP contribution is 2.32. The van der Waals surface area contributed by atoms with E-state index in [-0.39, 0.29) is 5.82 Å². The molecule has 0 aliphatic rings. The summed E-state index contributed by atoms with van der Waals surface area (Å²) in [7, 11) is 0. The number of nitrogens with zero attached hydrogens (tertiary/aromatic N) is 3. The van der Waals surface area contributed by atoms with Gasteiger partial charge in [0.2, 0.25) is 0 Å². The highest BCUT2D eigenvalue weighted by atomic mass is 15.0. The van der Waals surface area contributed by atoms with Crippen LogP contribution in [-0.4, -0.2) is 4.98 Å². The summed E-state index contributed by atoms with van der Waals surface area (Å²) >= 11 is 0. The van der Waals surface area contributed by atoms with Crippen LogP contribution in [0.15, 0.2) is 54.6 Å². The number of anilines is 1. The van der Waals surface area contributed by atoms with Crippen molar-refractivity contribution in [2.45, 2.75) is 0 Å². The molecule has 0 aliphatic carbocycles. The van der Waals surface area contributed by atoms with Gasteiger partial charge in [0.1, 0.15) is 11.6 Å². The summed E-state index contributed by atoms with van der Waals surface area (Å²) in [6, 6.07) is 19.4. The normalized spacial score (nSPS) is 9.81. The van der Waals surface area contributed by atoms with E-state index in [1.54, 1.807) is 0 Å². The van der Waals surface area contributed by atoms with Gasteiger partial charge in [-0.1, -0.05) is 54.6 Å². The molecule has 0 amide bonds. The molecule has 1 aromatic heterocycles. The summed E-state index contributed by atoms with van der Waals surface area (Å²) in [6.45, 7) is 0. The zero-order valence-electron chi connectivity index (χ0n) is 11.0. The van der Waals surface area contributed by atoms with Crippen molar-refractivity contribution >= 4 is 16.6 Å². The molecular formula is C17H10N4. The van der Waals surface area contributed by atoms with Crippen LogP contribution in [0.25, 0.3) is 22.0 Å². The van der Waals surface area contributed by atoms with Gasteiger partial charge in [0.15, 0.2) is 12.0 Å². The average Bonchev–Trinajstić information content (AvgIpc) is 2.55. The zero-order valence-corrected chi connectivity index (χ0v) is 11.0. The van der Waals surface area contributed by atoms with E-state index >= 15 is 0 Å². The first kappa shape index (κ1) is 12.7. The van der Waals surface area contributed by atoms with E-state index in [9.17, 15) is 5.26 Å². The Labute approximate surface area is 121 Å². The Bertz CT molecular complexity index is 886. The molecule has 0 atom stereocenters. The lowest BCUT2D eigenvalue weighted by molar-refractivity contribution is 1.31. The number of nitriles is 2. The van der Waals surface area contributed by atoms with Crippen LogP contribution in [0.5, 0.6) is 0 Å². The Hall–Kier alpha value is -3.37. The van der Waals surface area contributed by atoms with Gasteiger partial charge >= 0.3 is 0 Å². The summed E-state index contributed by atoms with van der Waals surface area (Å²) < 4.78 is 0. The number of hydrogen-bond acceptors (Lipinski definition) is 4. The molecule has 3 aromatic rings. The molecule has 0 fully saturated rings. The maximum absolute atomic E-state index is 9.37. The second-order valence-corrected chi connectivity index (χ2v) is 4.44. The lowest BCUT2D eigenvalue weighted by Gasteiger charge is -2.10. The van der Waals surface area contributed by atoms with Crippen molar-refractivity contribution in [2.75, 3.05) is 5.32 Å². The fourth-order valence-electron chi connectivity index (χ4n) is 2.34. The van der Waals surface area contributed by atoms with Gasteiger partial charge in [-0.3, -0.25) is 5.32 Å². The second kappa shape index (κ2) is 5.32. The van der Waals surface area contributed by atoms with Gasteiger partial charge in [-0.25, -0.2) is 4.98 Å². The standard InChI is InChI=1S/C17H10N4/c18-10-15-13-8-4-5-9-14(13)16(21-17(15)20-11-19)12-6-2-1-3-7-12/h1-9H,(H,20,21). The number of fused-ring (bicyclic) bond motifs is 1. The van der Waals surface area contributed by atoms with Gasteiger partial charge in [-0.05, 0) is 0 Å². The van der Waals surface area contributed by atoms with Crippen molar-refractivity contribution in [3.63, 3.8) is 0 Å². The summed E-state index contributed by atoms with van der Waals surface area (Å²) in [6.07, 6.45) is 1.84. The molecule has 3 rings (SSSR count). The number of benzene rings is 2. The molecule has 2 aromatic carbocycles. The molecule has 0 unspecified atom stereocenters. The molecule has 0 saturated heterocycles. The predicted octanol–water partition coefficient (Wildman–Crippen LogP) is 3.67. The van der Waals surface area contributed by atoms with Crippen molar-refractivity contribution in [3.8, 4) is 23.5 Å². The average molecular weight is 270 g/mol. The Morgan fingerprint density at radius 3 is 2.19 bits per heavy atom. The van der Waals surface area contributed by atoms with Gasteiger partial charge in [-0.2, -0.15) is 10.5 Å². The van der Waals surface area contributed by atoms with E-state index in [0.29, 0.717) is 5.56 Å². The number of hydrogen-bond donors (Lipinski definition) is 1. The van der Waals surface area contributed by atoms with Crippen LogP contribution >= 0.6 is 0 Å². The van der Waals surface area contributed by atoms with E-state index in [1.165, 1.54) is 0 Å². The molecule has 0 radical (unpaired) electrons. The molecule has 4 heteroatoms. The summed E-state index contributed by atoms with van der Waals surface area (Å²) in [5, 5.41) is 22.4. The van der Waals surface area contributed by atoms with E-state index in [1.807, 2.05) is 60.8 Å². The van der Waals surface area contributed by atoms with E-state index < -0.39 is 0 Å². The van der Waals surface area contributed by atoms with Crippen LogP contribution in [0.1, 0.15) is 5.56 Å². The molecule has 0 aliphatic heterocycles. The summed E-state index contributed by atoms with van der Waals surface area (Å²) in [4.78, 5) is 4.48. The Balaban J connectivity index is 2.41. The summed E-state index contributed by atoms with van der Waals surface area (Å²) in [5.74, 6) is 0.289. The Morgan fingerprint density at radius 2 is 1.52 bits per heavy atom. The van der Waals surface area contributed by atoms with Crippen LogP contribution in [0, 0.1) is 22.8 Å². The first-order valence-corrected chi connectivity index (χ1v) is 6.38. The van der Waals surface area contributed by atoms with Crippen LogP contribution < -0.4 is 5.32 Å². The highest BCUT2D eigenvalue weighted by molar-refractivity contribution is 6.00. The van der Waals surface area contributed by atoms with Crippen LogP contribution in [-0.2, 0) is 0 Å². The smallest absolute Gasteiger partial charge is 0.182 e. The fraction of sp³-hybridized carbons (Fsp3) is 0. The van der Waals surface area contributed by atoms with Gasteiger partial charge in [0, 0.05) is 16.3 Å². The molecule has 98 valence electrons. The lowest BCUT2D eigenvalue weighted by atomic mass is 10.0. The Morgan fingerprint density at radius 1 is 0.857 bits per heavy atom. The van der Waals surface area contributed by atoms with Crippen LogP contribution in [0.2, 0.25) is 0 Å². The molecule has 1 N–H and O–H groups in total. The Kier molecular flexibility index (Phi) is 3.21. The largest absolute Gasteiger partial charge is 0.276 e. The van der Waals surface area contributed by atoms with Crippen LogP contribution in [0.3, 0.4) is 0 Å². The maximum Gasteiger partial charge on any atom is 0.182 e. The van der Waals surface area contributed by atoms with E-state index in [0.717, 1.165) is 22.0 Å². The van der Waals surface area contributed by atoms with Crippen molar-refractivity contribution in [3.05, 3.63) is 60.2 Å². The molecule has 21 heavy (non-hydrogen) atoms. The predicted molar refractivity (Wildman–Crippen MR) is 81.1 cm³/mol. The minimum absolute atomic E-state index is 0.289. The van der Waals surface area contributed by atoms with Gasteiger partial charge in [-0.15, -0.1) is 0 Å². The fourth-order valence-corrected chi connectivity index (χ4v) is 2.34. The molecule has 4 nitrogen and oxygen atoms in total. The minimum Gasteiger partial charge on any atom is -0.276 e. The van der Waals surface area contributed by atoms with Gasteiger partial charge in [0.25, 0.3) is 0 Å². The number of nitrogens with one attached hydrogen (secondary N) is 1. The first-order valence-electron chi connectivity index (χ1n) is 6.38. The SMILES string of the molecule is N#CNc1nc(-c2ccccc2)c2ccccc2c1C#N. The molecule has 0 spiro atoms. The van der Waals surface area contributed by atoms with Crippen LogP contribution in [0.4, 0.5) is 5.82 Å². The van der Waals surface area contributed by atoms with Crippen molar-refractivity contribution in [1.29, 1.82) is 10.5 Å². The second-order valence-electron chi connectivity index (χ2n) is 4.44. The minimum atomic E-state index is 0.289. The van der Waals surface area contributed by atoms with E-state index in [2.05, 4.69) is 16.4 Å². The third-order valence-electron chi connectivity index (χ3n) is 3.25. The maximum atomic E-state index is 9.37. The molecule has 0 saturated carbocycles. The quantitative estimate of drug-likeness (QED) is 0.569. The molecule has 0 bridgehead atoms. The monoisotopic (exact) mass is 270 g/mol. The summed E-state index contributed by atoms with van der Waals surface area (Å²) in [5.41, 5.74) is 2.08. The first-order chi connectivity index (χ1) is 10.3. The number of rotatable bonds is 2. The zero-order chi connectivity index (χ0) is 14.7. The third kappa shape index (κ3) is 2.16. The van der Waals surface area contributed by atoms with Crippen molar-refractivity contribution < 1.29 is 0 Å². The number of aromatic nitrogens is 1. The van der Waals surface area contributed by atoms with Crippen molar-refractivity contribution in [1.82, 2.24) is 4.98 Å². The van der Waals surface area contributed by atoms with Crippen molar-refractivity contribution in [2.24, 2.45) is 0 Å². The third-order valence-corrected chi connectivity index (χ3v) is 3.25. The highest BCUT2D eigenvalue weighted by Gasteiger charge is 2.14. The number of pyridine rings is 1. The topological polar surface area (TPSA) is 72.5 Å². The lowest BCUT2D eigenvalue weighted by Crippen LogP contribution is -1.99.